The number of aliphatic hydroxyl groups is 1. The number of nitrogens with zero attached hydrogens (tertiary/aromatic N) is 1. The van der Waals surface area contributed by atoms with Gasteiger partial charge in [-0.15, -0.1) is 0 Å². The van der Waals surface area contributed by atoms with E-state index in [-0.39, 0.29) is 0 Å². The van der Waals surface area contributed by atoms with Crippen molar-refractivity contribution in [1.82, 2.24) is 4.90 Å². The van der Waals surface area contributed by atoms with Crippen LogP contribution in [-0.2, 0) is 11.3 Å². The highest BCUT2D eigenvalue weighted by atomic mass is 16.5. The van der Waals surface area contributed by atoms with Crippen LogP contribution in [0.1, 0.15) is 18.9 Å². The second-order valence-electron chi connectivity index (χ2n) is 4.68. The highest BCUT2D eigenvalue weighted by molar-refractivity contribution is 5.14. The third kappa shape index (κ3) is 7.28. The molecule has 4 heteroatoms. The van der Waals surface area contributed by atoms with E-state index in [1.165, 1.54) is 5.56 Å². The van der Waals surface area contributed by atoms with Crippen LogP contribution >= 0.6 is 0 Å². The van der Waals surface area contributed by atoms with Gasteiger partial charge in [-0.05, 0) is 32.0 Å². The first kappa shape index (κ1) is 16.1. The van der Waals surface area contributed by atoms with E-state index >= 15 is 0 Å². The highest BCUT2D eigenvalue weighted by Gasteiger charge is 2.12. The van der Waals surface area contributed by atoms with Gasteiger partial charge < -0.3 is 15.6 Å². The number of nitrogens with two attached hydrogens (primary N) is 1. The van der Waals surface area contributed by atoms with E-state index < -0.39 is 6.10 Å². The van der Waals surface area contributed by atoms with Crippen molar-refractivity contribution in [2.45, 2.75) is 26.0 Å². The Morgan fingerprint density at radius 3 is 2.68 bits per heavy atom. The summed E-state index contributed by atoms with van der Waals surface area (Å²) in [6.07, 6.45) is 0.496. The maximum Gasteiger partial charge on any atom is 0.0900 e. The molecule has 1 rings (SSSR count). The molecule has 108 valence electrons. The molecular formula is C15H26N2O2. The van der Waals surface area contributed by atoms with Crippen LogP contribution in [0.3, 0.4) is 0 Å². The maximum absolute atomic E-state index is 9.93. The summed E-state index contributed by atoms with van der Waals surface area (Å²) < 4.78 is 5.25. The fourth-order valence-electron chi connectivity index (χ4n) is 2.00. The third-order valence-corrected chi connectivity index (χ3v) is 2.91. The summed E-state index contributed by atoms with van der Waals surface area (Å²) in [6, 6.07) is 10.3. The number of aliphatic hydroxyl groups excluding tert-OH is 1. The lowest BCUT2D eigenvalue weighted by atomic mass is 10.2. The van der Waals surface area contributed by atoms with Gasteiger partial charge in [-0.3, -0.25) is 4.90 Å². The third-order valence-electron chi connectivity index (χ3n) is 2.91. The molecule has 0 saturated heterocycles. The van der Waals surface area contributed by atoms with Gasteiger partial charge in [-0.1, -0.05) is 30.3 Å². The lowest BCUT2D eigenvalue weighted by Gasteiger charge is -2.25. The van der Waals surface area contributed by atoms with Crippen LogP contribution in [0.2, 0.25) is 0 Å². The van der Waals surface area contributed by atoms with Crippen molar-refractivity contribution in [3.63, 3.8) is 0 Å². The van der Waals surface area contributed by atoms with Gasteiger partial charge in [0.15, 0.2) is 0 Å². The Balaban J connectivity index is 2.46. The van der Waals surface area contributed by atoms with Crippen molar-refractivity contribution in [3.8, 4) is 0 Å². The van der Waals surface area contributed by atoms with Gasteiger partial charge >= 0.3 is 0 Å². The van der Waals surface area contributed by atoms with Crippen molar-refractivity contribution in [2.24, 2.45) is 5.73 Å². The predicted molar refractivity (Wildman–Crippen MR) is 77.9 cm³/mol. The summed E-state index contributed by atoms with van der Waals surface area (Å²) in [6.45, 7) is 5.99. The van der Waals surface area contributed by atoms with Crippen LogP contribution in [0, 0.1) is 0 Å². The Morgan fingerprint density at radius 1 is 1.32 bits per heavy atom. The molecule has 1 unspecified atom stereocenters. The van der Waals surface area contributed by atoms with E-state index in [9.17, 15) is 5.11 Å². The Hall–Kier alpha value is -0.940. The fraction of sp³-hybridized carbons (Fsp3) is 0.600. The molecule has 0 heterocycles. The quantitative estimate of drug-likeness (QED) is 0.669. The van der Waals surface area contributed by atoms with Crippen LogP contribution in [0.4, 0.5) is 0 Å². The average molecular weight is 266 g/mol. The molecular weight excluding hydrogens is 240 g/mol. The average Bonchev–Trinajstić information content (AvgIpc) is 2.43. The highest BCUT2D eigenvalue weighted by Crippen LogP contribution is 2.06. The minimum absolute atomic E-state index is 0.393. The zero-order chi connectivity index (χ0) is 13.9. The molecule has 3 N–H and O–H groups in total. The molecule has 0 aliphatic carbocycles. The monoisotopic (exact) mass is 266 g/mol. The Labute approximate surface area is 116 Å². The van der Waals surface area contributed by atoms with Crippen molar-refractivity contribution in [2.75, 3.05) is 32.8 Å². The second-order valence-corrected chi connectivity index (χ2v) is 4.68. The molecule has 0 aromatic heterocycles. The first-order valence-corrected chi connectivity index (χ1v) is 6.98. The first-order chi connectivity index (χ1) is 9.26. The molecule has 0 aliphatic rings. The molecule has 4 nitrogen and oxygen atoms in total. The lowest BCUT2D eigenvalue weighted by Crippen LogP contribution is -2.35. The summed E-state index contributed by atoms with van der Waals surface area (Å²) in [4.78, 5) is 2.23. The minimum atomic E-state index is -0.443. The molecule has 0 radical (unpaired) electrons. The number of hydrogen-bond acceptors (Lipinski definition) is 4. The van der Waals surface area contributed by atoms with E-state index in [1.54, 1.807) is 0 Å². The Kier molecular flexibility index (Phi) is 8.41. The van der Waals surface area contributed by atoms with Crippen molar-refractivity contribution < 1.29 is 9.84 Å². The largest absolute Gasteiger partial charge is 0.389 e. The van der Waals surface area contributed by atoms with Crippen LogP contribution in [0.25, 0.3) is 0 Å². The molecule has 0 aliphatic heterocycles. The van der Waals surface area contributed by atoms with E-state index in [0.717, 1.165) is 19.5 Å². The van der Waals surface area contributed by atoms with Gasteiger partial charge in [0.1, 0.15) is 0 Å². The molecule has 0 amide bonds. The molecule has 1 aromatic rings. The fourth-order valence-corrected chi connectivity index (χ4v) is 2.00. The Bertz CT molecular complexity index is 319. The summed E-state index contributed by atoms with van der Waals surface area (Å²) in [5.41, 5.74) is 6.82. The SMILES string of the molecule is CCOCC(O)CN(CCCN)Cc1ccccc1. The molecule has 0 bridgehead atoms. The smallest absolute Gasteiger partial charge is 0.0900 e. The summed E-state index contributed by atoms with van der Waals surface area (Å²) in [5.74, 6) is 0. The second kappa shape index (κ2) is 9.92. The lowest BCUT2D eigenvalue weighted by molar-refractivity contribution is 0.0195. The van der Waals surface area contributed by atoms with Gasteiger partial charge in [0.2, 0.25) is 0 Å². The summed E-state index contributed by atoms with van der Waals surface area (Å²) in [5, 5.41) is 9.93. The topological polar surface area (TPSA) is 58.7 Å². The first-order valence-electron chi connectivity index (χ1n) is 6.98. The van der Waals surface area contributed by atoms with E-state index in [0.29, 0.717) is 26.3 Å². The van der Waals surface area contributed by atoms with Crippen LogP contribution in [0.5, 0.6) is 0 Å². The Morgan fingerprint density at radius 2 is 2.05 bits per heavy atom. The minimum Gasteiger partial charge on any atom is -0.389 e. The molecule has 19 heavy (non-hydrogen) atoms. The standard InChI is InChI=1S/C15H26N2O2/c1-2-19-13-15(18)12-17(10-6-9-16)11-14-7-4-3-5-8-14/h3-5,7-8,15,18H,2,6,9-13,16H2,1H3. The van der Waals surface area contributed by atoms with Crippen LogP contribution in [-0.4, -0.2) is 49.0 Å². The van der Waals surface area contributed by atoms with Crippen molar-refractivity contribution >= 4 is 0 Å². The number of ether oxygens (including phenoxy) is 1. The van der Waals surface area contributed by atoms with Crippen LogP contribution < -0.4 is 5.73 Å². The number of benzene rings is 1. The molecule has 1 atom stereocenters. The van der Waals surface area contributed by atoms with E-state index in [2.05, 4.69) is 17.0 Å². The van der Waals surface area contributed by atoms with Gasteiger partial charge in [-0.25, -0.2) is 0 Å². The zero-order valence-electron chi connectivity index (χ0n) is 11.8. The van der Waals surface area contributed by atoms with Crippen molar-refractivity contribution in [3.05, 3.63) is 35.9 Å². The molecule has 0 spiro atoms. The summed E-state index contributed by atoms with van der Waals surface area (Å²) >= 11 is 0. The number of hydrogen-bond donors (Lipinski definition) is 2. The molecule has 1 aromatic carbocycles. The zero-order valence-corrected chi connectivity index (χ0v) is 11.8. The molecule has 0 fully saturated rings. The number of rotatable bonds is 10. The van der Waals surface area contributed by atoms with Gasteiger partial charge in [0.25, 0.3) is 0 Å². The van der Waals surface area contributed by atoms with Crippen LogP contribution in [0.15, 0.2) is 30.3 Å². The normalized spacial score (nSPS) is 12.8. The molecule has 0 saturated carbocycles. The van der Waals surface area contributed by atoms with Gasteiger partial charge in [-0.2, -0.15) is 0 Å². The van der Waals surface area contributed by atoms with E-state index in [4.69, 9.17) is 10.5 Å². The summed E-state index contributed by atoms with van der Waals surface area (Å²) in [7, 11) is 0. The maximum atomic E-state index is 9.93. The van der Waals surface area contributed by atoms with Gasteiger partial charge in [0, 0.05) is 19.7 Å². The van der Waals surface area contributed by atoms with E-state index in [1.807, 2.05) is 25.1 Å². The van der Waals surface area contributed by atoms with Crippen molar-refractivity contribution in [1.29, 1.82) is 0 Å². The predicted octanol–water partition coefficient (Wildman–Crippen LogP) is 1.23. The van der Waals surface area contributed by atoms with Gasteiger partial charge in [0.05, 0.1) is 12.7 Å².